The van der Waals surface area contributed by atoms with Crippen molar-refractivity contribution in [1.29, 1.82) is 0 Å². The summed E-state index contributed by atoms with van der Waals surface area (Å²) in [5, 5.41) is 8.89. The molecule has 2 aromatic heterocycles. The zero-order valence-electron chi connectivity index (χ0n) is 17.1. The van der Waals surface area contributed by atoms with E-state index >= 15 is 0 Å². The van der Waals surface area contributed by atoms with Gasteiger partial charge in [0.25, 0.3) is 11.5 Å². The summed E-state index contributed by atoms with van der Waals surface area (Å²) in [5.41, 5.74) is 0.249. The number of nitrogens with one attached hydrogen (secondary N) is 3. The standard InChI is InChI=1S/C22H24N6O3/c1-2-13-10-15(25-16-11-17(24-12-23-16)26-19(29)14-6-7-14)21(31)28-18(13)20(30)27-22(28)8-4-3-5-9-22/h2,10-12,14H,1,3-9H2,(H,27,30)(H2,23,24,25,26,29). The third-order valence-electron chi connectivity index (χ3n) is 6.25. The fourth-order valence-corrected chi connectivity index (χ4v) is 4.54. The van der Waals surface area contributed by atoms with E-state index in [4.69, 9.17) is 0 Å². The van der Waals surface area contributed by atoms with Crippen molar-refractivity contribution in [2.75, 3.05) is 10.6 Å². The Morgan fingerprint density at radius 2 is 1.90 bits per heavy atom. The van der Waals surface area contributed by atoms with Gasteiger partial charge in [-0.25, -0.2) is 9.97 Å². The highest BCUT2D eigenvalue weighted by Crippen LogP contribution is 2.38. The average molecular weight is 420 g/mol. The summed E-state index contributed by atoms with van der Waals surface area (Å²) >= 11 is 0. The van der Waals surface area contributed by atoms with Gasteiger partial charge in [-0.2, -0.15) is 0 Å². The van der Waals surface area contributed by atoms with Crippen LogP contribution in [0.2, 0.25) is 0 Å². The molecule has 1 spiro atoms. The molecular weight excluding hydrogens is 396 g/mol. The van der Waals surface area contributed by atoms with Crippen molar-refractivity contribution in [1.82, 2.24) is 19.9 Å². The molecule has 5 rings (SSSR count). The van der Waals surface area contributed by atoms with Crippen LogP contribution in [0, 0.1) is 5.92 Å². The summed E-state index contributed by atoms with van der Waals surface area (Å²) in [6.45, 7) is 3.83. The zero-order valence-corrected chi connectivity index (χ0v) is 17.1. The Balaban J connectivity index is 1.52. The van der Waals surface area contributed by atoms with Gasteiger partial charge in [0.1, 0.15) is 35.0 Å². The molecule has 1 aliphatic heterocycles. The van der Waals surface area contributed by atoms with Crippen LogP contribution in [-0.2, 0) is 10.5 Å². The van der Waals surface area contributed by atoms with E-state index in [9.17, 15) is 14.4 Å². The Morgan fingerprint density at radius 1 is 1.16 bits per heavy atom. The van der Waals surface area contributed by atoms with E-state index < -0.39 is 5.66 Å². The number of fused-ring (bicyclic) bond motifs is 2. The number of aromatic nitrogens is 3. The molecule has 0 unspecified atom stereocenters. The van der Waals surface area contributed by atoms with Crippen molar-refractivity contribution < 1.29 is 9.59 Å². The van der Waals surface area contributed by atoms with Gasteiger partial charge in [-0.1, -0.05) is 19.1 Å². The number of carbonyl (C=O) groups is 2. The van der Waals surface area contributed by atoms with Gasteiger partial charge in [0.15, 0.2) is 0 Å². The Kier molecular flexibility index (Phi) is 4.60. The van der Waals surface area contributed by atoms with Gasteiger partial charge in [-0.3, -0.25) is 19.0 Å². The number of hydrogen-bond donors (Lipinski definition) is 3. The van der Waals surface area contributed by atoms with Crippen molar-refractivity contribution in [3.63, 3.8) is 0 Å². The molecule has 2 saturated carbocycles. The molecule has 3 N–H and O–H groups in total. The second kappa shape index (κ2) is 7.33. The molecule has 9 heteroatoms. The van der Waals surface area contributed by atoms with Gasteiger partial charge in [0.2, 0.25) is 5.91 Å². The van der Waals surface area contributed by atoms with Gasteiger partial charge in [0.05, 0.1) is 0 Å². The number of pyridine rings is 1. The highest BCUT2D eigenvalue weighted by molar-refractivity contribution is 5.99. The molecule has 9 nitrogen and oxygen atoms in total. The average Bonchev–Trinajstić information content (AvgIpc) is 3.57. The summed E-state index contributed by atoms with van der Waals surface area (Å²) in [4.78, 5) is 46.5. The summed E-state index contributed by atoms with van der Waals surface area (Å²) in [7, 11) is 0. The normalized spacial score (nSPS) is 18.9. The van der Waals surface area contributed by atoms with Gasteiger partial charge in [0, 0.05) is 17.5 Å². The molecule has 2 fully saturated rings. The molecular formula is C22H24N6O3. The van der Waals surface area contributed by atoms with Crippen LogP contribution in [0.3, 0.4) is 0 Å². The Hall–Kier alpha value is -3.49. The largest absolute Gasteiger partial charge is 0.336 e. The van der Waals surface area contributed by atoms with Crippen LogP contribution in [0.25, 0.3) is 6.08 Å². The maximum atomic E-state index is 13.5. The molecule has 3 heterocycles. The van der Waals surface area contributed by atoms with Crippen LogP contribution < -0.4 is 21.5 Å². The first-order valence-corrected chi connectivity index (χ1v) is 10.7. The van der Waals surface area contributed by atoms with Crippen molar-refractivity contribution in [2.45, 2.75) is 50.6 Å². The fourth-order valence-electron chi connectivity index (χ4n) is 4.54. The van der Waals surface area contributed by atoms with Crippen molar-refractivity contribution in [3.05, 3.63) is 46.7 Å². The maximum absolute atomic E-state index is 13.5. The number of nitrogens with zero attached hydrogens (tertiary/aromatic N) is 3. The first kappa shape index (κ1) is 19.5. The predicted molar refractivity (Wildman–Crippen MR) is 116 cm³/mol. The van der Waals surface area contributed by atoms with Gasteiger partial charge in [-0.15, -0.1) is 0 Å². The van der Waals surface area contributed by atoms with Gasteiger partial charge < -0.3 is 16.0 Å². The van der Waals surface area contributed by atoms with Crippen molar-refractivity contribution in [2.24, 2.45) is 5.92 Å². The van der Waals surface area contributed by atoms with Crippen LogP contribution in [0.1, 0.15) is 61.0 Å². The lowest BCUT2D eigenvalue weighted by Gasteiger charge is -2.35. The van der Waals surface area contributed by atoms with E-state index in [0.717, 1.165) is 44.9 Å². The Labute approximate surface area is 179 Å². The molecule has 3 aliphatic rings. The highest BCUT2D eigenvalue weighted by Gasteiger charge is 2.45. The second-order valence-electron chi connectivity index (χ2n) is 8.43. The molecule has 2 aromatic rings. The summed E-state index contributed by atoms with van der Waals surface area (Å²) in [6, 6.07) is 3.21. The zero-order chi connectivity index (χ0) is 21.6. The topological polar surface area (TPSA) is 118 Å². The third-order valence-corrected chi connectivity index (χ3v) is 6.25. The van der Waals surface area contributed by atoms with E-state index in [1.54, 1.807) is 22.8 Å². The minimum absolute atomic E-state index is 0.0552. The number of carbonyl (C=O) groups excluding carboxylic acids is 2. The molecule has 0 atom stereocenters. The number of amides is 2. The number of anilines is 3. The van der Waals surface area contributed by atoms with Gasteiger partial charge in [-0.05, 0) is 44.6 Å². The van der Waals surface area contributed by atoms with Crippen LogP contribution in [-0.4, -0.2) is 26.3 Å². The van der Waals surface area contributed by atoms with Crippen LogP contribution >= 0.6 is 0 Å². The van der Waals surface area contributed by atoms with E-state index in [1.807, 2.05) is 0 Å². The Morgan fingerprint density at radius 3 is 2.61 bits per heavy atom. The maximum Gasteiger partial charge on any atom is 0.276 e. The fraction of sp³-hybridized carbons (Fsp3) is 0.409. The van der Waals surface area contributed by atoms with E-state index in [0.29, 0.717) is 28.6 Å². The quantitative estimate of drug-likeness (QED) is 0.685. The molecule has 160 valence electrons. The number of rotatable bonds is 5. The second-order valence-corrected chi connectivity index (χ2v) is 8.43. The summed E-state index contributed by atoms with van der Waals surface area (Å²) in [6.07, 6.45) is 9.13. The number of hydrogen-bond acceptors (Lipinski definition) is 6. The molecule has 0 saturated heterocycles. The van der Waals surface area contributed by atoms with Gasteiger partial charge >= 0.3 is 0 Å². The molecule has 0 aromatic carbocycles. The minimum atomic E-state index is -0.688. The third kappa shape index (κ3) is 3.39. The lowest BCUT2D eigenvalue weighted by molar-refractivity contribution is -0.117. The minimum Gasteiger partial charge on any atom is -0.336 e. The first-order valence-electron chi connectivity index (χ1n) is 10.7. The SMILES string of the molecule is C=Cc1cc(Nc2cc(NC(=O)C3CC3)ncn2)c(=O)n2c1C(=O)NC21CCCCC1. The predicted octanol–water partition coefficient (Wildman–Crippen LogP) is 2.73. The van der Waals surface area contributed by atoms with Crippen LogP contribution in [0.15, 0.2) is 29.8 Å². The van der Waals surface area contributed by atoms with E-state index in [2.05, 4.69) is 32.5 Å². The smallest absolute Gasteiger partial charge is 0.276 e. The van der Waals surface area contributed by atoms with E-state index in [-0.39, 0.29) is 23.3 Å². The molecule has 0 bridgehead atoms. The molecule has 31 heavy (non-hydrogen) atoms. The van der Waals surface area contributed by atoms with Crippen molar-refractivity contribution >= 4 is 35.2 Å². The van der Waals surface area contributed by atoms with Crippen molar-refractivity contribution in [3.8, 4) is 0 Å². The lowest BCUT2D eigenvalue weighted by Crippen LogP contribution is -2.48. The summed E-state index contributed by atoms with van der Waals surface area (Å²) in [5.74, 6) is 0.510. The highest BCUT2D eigenvalue weighted by atomic mass is 16.2. The molecule has 2 amide bonds. The van der Waals surface area contributed by atoms with Crippen LogP contribution in [0.4, 0.5) is 17.3 Å². The summed E-state index contributed by atoms with van der Waals surface area (Å²) < 4.78 is 1.60. The molecule has 2 aliphatic carbocycles. The van der Waals surface area contributed by atoms with E-state index in [1.165, 1.54) is 6.33 Å². The van der Waals surface area contributed by atoms with Crippen LogP contribution in [0.5, 0.6) is 0 Å². The Bertz CT molecular complexity index is 1140. The first-order chi connectivity index (χ1) is 15.0. The molecule has 0 radical (unpaired) electrons. The lowest BCUT2D eigenvalue weighted by atomic mass is 9.89. The monoisotopic (exact) mass is 420 g/mol.